The molecule has 0 radical (unpaired) electrons. The van der Waals surface area contributed by atoms with E-state index in [0.29, 0.717) is 12.5 Å². The number of hydrogen-bond acceptors (Lipinski definition) is 5. The van der Waals surface area contributed by atoms with Crippen molar-refractivity contribution in [2.75, 3.05) is 6.61 Å². The minimum Gasteiger partial charge on any atom is -0.476 e. The van der Waals surface area contributed by atoms with Crippen LogP contribution >= 0.6 is 0 Å². The molecule has 6 heteroatoms. The highest BCUT2D eigenvalue weighted by atomic mass is 16.6. The summed E-state index contributed by atoms with van der Waals surface area (Å²) in [5.74, 6) is 0.227. The Bertz CT molecular complexity index is 437. The average Bonchev–Trinajstić information content (AvgIpc) is 2.75. The van der Waals surface area contributed by atoms with Crippen LogP contribution in [0.5, 0.6) is 5.88 Å². The molecule has 0 saturated carbocycles. The molecule has 1 aromatic heterocycles. The molecule has 0 amide bonds. The van der Waals surface area contributed by atoms with Crippen LogP contribution in [0.15, 0.2) is 6.20 Å². The van der Waals surface area contributed by atoms with Gasteiger partial charge in [-0.2, -0.15) is 0 Å². The lowest BCUT2D eigenvalue weighted by Gasteiger charge is -2.26. The zero-order chi connectivity index (χ0) is 15.3. The molecular formula is C14H25N3O3. The van der Waals surface area contributed by atoms with E-state index in [2.05, 4.69) is 10.3 Å². The van der Waals surface area contributed by atoms with Crippen molar-refractivity contribution in [3.05, 3.63) is 6.20 Å². The van der Waals surface area contributed by atoms with Gasteiger partial charge in [-0.15, -0.1) is 0 Å². The molecule has 114 valence electrons. The molecular weight excluding hydrogens is 258 g/mol. The van der Waals surface area contributed by atoms with Gasteiger partial charge >= 0.3 is 5.97 Å². The molecule has 0 spiro atoms. The topological polar surface area (TPSA) is 66.2 Å². The van der Waals surface area contributed by atoms with Crippen molar-refractivity contribution in [3.8, 4) is 5.88 Å². The van der Waals surface area contributed by atoms with Crippen molar-refractivity contribution in [3.63, 3.8) is 0 Å². The lowest BCUT2D eigenvalue weighted by molar-refractivity contribution is -0.161. The van der Waals surface area contributed by atoms with Crippen LogP contribution in [-0.2, 0) is 9.53 Å². The normalized spacial score (nSPS) is 14.7. The Morgan fingerprint density at radius 1 is 1.40 bits per heavy atom. The molecule has 1 rings (SSSR count). The maximum atomic E-state index is 12.4. The van der Waals surface area contributed by atoms with Gasteiger partial charge in [-0.1, -0.05) is 30.6 Å². The summed E-state index contributed by atoms with van der Waals surface area (Å²) in [4.78, 5) is 12.4. The molecule has 0 aliphatic carbocycles. The summed E-state index contributed by atoms with van der Waals surface area (Å²) in [5.41, 5.74) is -0.522. The first-order valence-electron chi connectivity index (χ1n) is 7.06. The minimum absolute atomic E-state index is 0.0982. The van der Waals surface area contributed by atoms with E-state index >= 15 is 0 Å². The average molecular weight is 283 g/mol. The van der Waals surface area contributed by atoms with Crippen LogP contribution in [0.1, 0.15) is 54.0 Å². The summed E-state index contributed by atoms with van der Waals surface area (Å²) in [6.45, 7) is 12.0. The fraction of sp³-hybridized carbons (Fsp3) is 0.786. The maximum Gasteiger partial charge on any atom is 0.331 e. The Kier molecular flexibility index (Phi) is 5.53. The van der Waals surface area contributed by atoms with Gasteiger partial charge in [-0.25, -0.2) is 9.48 Å². The van der Waals surface area contributed by atoms with E-state index in [9.17, 15) is 4.79 Å². The molecule has 0 saturated heterocycles. The third-order valence-corrected chi connectivity index (χ3v) is 2.90. The lowest BCUT2D eigenvalue weighted by Crippen LogP contribution is -2.33. The second kappa shape index (κ2) is 6.72. The fourth-order valence-corrected chi connectivity index (χ4v) is 1.80. The first kappa shape index (κ1) is 16.5. The van der Waals surface area contributed by atoms with Crippen LogP contribution in [0.3, 0.4) is 0 Å². The predicted molar refractivity (Wildman–Crippen MR) is 75.5 cm³/mol. The summed E-state index contributed by atoms with van der Waals surface area (Å²) >= 11 is 0. The minimum atomic E-state index is -0.522. The highest BCUT2D eigenvalue weighted by molar-refractivity contribution is 5.74. The van der Waals surface area contributed by atoms with Crippen LogP contribution in [0.4, 0.5) is 0 Å². The highest BCUT2D eigenvalue weighted by Crippen LogP contribution is 2.25. The number of esters is 1. The standard InChI is InChI=1S/C14H25N3O3/c1-7-10(3)12(13(18)20-14(4,5)6)17-9-11(15-16-17)19-8-2/h9-10,12H,7-8H2,1-6H3/t10-,12-/m0/s1. The smallest absolute Gasteiger partial charge is 0.331 e. The van der Waals surface area contributed by atoms with E-state index in [1.807, 2.05) is 41.5 Å². The van der Waals surface area contributed by atoms with Gasteiger partial charge in [-0.05, 0) is 33.6 Å². The van der Waals surface area contributed by atoms with E-state index < -0.39 is 11.6 Å². The molecule has 0 aliphatic rings. The zero-order valence-corrected chi connectivity index (χ0v) is 13.2. The van der Waals surface area contributed by atoms with Crippen molar-refractivity contribution in [2.24, 2.45) is 5.92 Å². The van der Waals surface area contributed by atoms with Crippen molar-refractivity contribution in [1.82, 2.24) is 15.0 Å². The molecule has 2 atom stereocenters. The summed E-state index contributed by atoms with van der Waals surface area (Å²) in [6, 6.07) is -0.485. The van der Waals surface area contributed by atoms with E-state index in [-0.39, 0.29) is 11.9 Å². The molecule has 0 aromatic carbocycles. The molecule has 0 N–H and O–H groups in total. The molecule has 1 aromatic rings. The number of nitrogens with zero attached hydrogens (tertiary/aromatic N) is 3. The Morgan fingerprint density at radius 3 is 2.55 bits per heavy atom. The maximum absolute atomic E-state index is 12.4. The van der Waals surface area contributed by atoms with Crippen molar-refractivity contribution in [2.45, 2.75) is 59.6 Å². The largest absolute Gasteiger partial charge is 0.476 e. The van der Waals surface area contributed by atoms with Gasteiger partial charge in [-0.3, -0.25) is 0 Å². The number of aromatic nitrogens is 3. The number of hydrogen-bond donors (Lipinski definition) is 0. The van der Waals surface area contributed by atoms with Gasteiger partial charge in [0.05, 0.1) is 12.8 Å². The van der Waals surface area contributed by atoms with E-state index in [4.69, 9.17) is 9.47 Å². The fourth-order valence-electron chi connectivity index (χ4n) is 1.80. The van der Waals surface area contributed by atoms with Gasteiger partial charge in [0.25, 0.3) is 5.88 Å². The van der Waals surface area contributed by atoms with E-state index in [1.54, 1.807) is 6.20 Å². The van der Waals surface area contributed by atoms with Gasteiger partial charge in [0.15, 0.2) is 6.04 Å². The van der Waals surface area contributed by atoms with Gasteiger partial charge < -0.3 is 9.47 Å². The first-order valence-corrected chi connectivity index (χ1v) is 7.06. The molecule has 0 bridgehead atoms. The lowest BCUT2D eigenvalue weighted by atomic mass is 9.99. The Labute approximate surface area is 120 Å². The van der Waals surface area contributed by atoms with E-state index in [0.717, 1.165) is 6.42 Å². The number of carbonyl (C=O) groups excluding carboxylic acids is 1. The SMILES string of the molecule is CCOc1cn([C@H](C(=O)OC(C)(C)C)[C@@H](C)CC)nn1. The molecule has 6 nitrogen and oxygen atoms in total. The molecule has 1 heterocycles. The second-order valence-corrected chi connectivity index (χ2v) is 5.83. The van der Waals surface area contributed by atoms with Gasteiger partial charge in [0.1, 0.15) is 5.60 Å². The third kappa shape index (κ3) is 4.51. The van der Waals surface area contributed by atoms with Crippen molar-refractivity contribution in [1.29, 1.82) is 0 Å². The summed E-state index contributed by atoms with van der Waals surface area (Å²) in [6.07, 6.45) is 2.48. The van der Waals surface area contributed by atoms with Crippen LogP contribution in [-0.4, -0.2) is 33.2 Å². The van der Waals surface area contributed by atoms with Crippen molar-refractivity contribution < 1.29 is 14.3 Å². The predicted octanol–water partition coefficient (Wildman–Crippen LogP) is 2.61. The summed E-state index contributed by atoms with van der Waals surface area (Å²) < 4.78 is 12.3. The van der Waals surface area contributed by atoms with Crippen LogP contribution in [0, 0.1) is 5.92 Å². The van der Waals surface area contributed by atoms with Crippen molar-refractivity contribution >= 4 is 5.97 Å². The first-order chi connectivity index (χ1) is 9.28. The number of ether oxygens (including phenoxy) is 2. The molecule has 0 aliphatic heterocycles. The number of carbonyl (C=O) groups is 1. The summed E-state index contributed by atoms with van der Waals surface area (Å²) in [7, 11) is 0. The van der Waals surface area contributed by atoms with Gasteiger partial charge in [0.2, 0.25) is 0 Å². The van der Waals surface area contributed by atoms with Crippen LogP contribution in [0.2, 0.25) is 0 Å². The van der Waals surface area contributed by atoms with Crippen LogP contribution < -0.4 is 4.74 Å². The molecule has 20 heavy (non-hydrogen) atoms. The summed E-state index contributed by atoms with van der Waals surface area (Å²) in [5, 5.41) is 7.90. The third-order valence-electron chi connectivity index (χ3n) is 2.90. The second-order valence-electron chi connectivity index (χ2n) is 5.83. The van der Waals surface area contributed by atoms with Gasteiger partial charge in [0, 0.05) is 0 Å². The van der Waals surface area contributed by atoms with Crippen LogP contribution in [0.25, 0.3) is 0 Å². The number of rotatable bonds is 6. The Balaban J connectivity index is 2.96. The monoisotopic (exact) mass is 283 g/mol. The quantitative estimate of drug-likeness (QED) is 0.751. The highest BCUT2D eigenvalue weighted by Gasteiger charge is 2.31. The zero-order valence-electron chi connectivity index (χ0n) is 13.2. The molecule has 0 fully saturated rings. The molecule has 0 unspecified atom stereocenters. The Morgan fingerprint density at radius 2 is 2.05 bits per heavy atom. The van der Waals surface area contributed by atoms with E-state index in [1.165, 1.54) is 4.68 Å². The Hall–Kier alpha value is -1.59.